The van der Waals surface area contributed by atoms with Crippen molar-refractivity contribution in [1.82, 2.24) is 15.2 Å². The van der Waals surface area contributed by atoms with Crippen LogP contribution in [0.4, 0.5) is 0 Å². The number of benzene rings is 1. The summed E-state index contributed by atoms with van der Waals surface area (Å²) in [6, 6.07) is 7.49. The highest BCUT2D eigenvalue weighted by Gasteiger charge is 2.12. The molecule has 0 fully saturated rings. The number of halogens is 1. The van der Waals surface area contributed by atoms with E-state index in [1.54, 1.807) is 0 Å². The number of hydrogen-bond acceptors (Lipinski definition) is 7. The van der Waals surface area contributed by atoms with E-state index in [1.807, 2.05) is 29.6 Å². The molecular formula is C13H8ClN3O2S3. The van der Waals surface area contributed by atoms with Gasteiger partial charge < -0.3 is 5.11 Å². The third-order valence-electron chi connectivity index (χ3n) is 2.55. The van der Waals surface area contributed by atoms with Gasteiger partial charge in [0.25, 0.3) is 0 Å². The van der Waals surface area contributed by atoms with Crippen LogP contribution in [-0.2, 0) is 11.2 Å². The van der Waals surface area contributed by atoms with E-state index in [2.05, 4.69) is 15.2 Å². The lowest BCUT2D eigenvalue weighted by molar-refractivity contribution is -0.136. The number of carboxylic acids is 1. The van der Waals surface area contributed by atoms with Gasteiger partial charge in [-0.15, -0.1) is 21.5 Å². The van der Waals surface area contributed by atoms with E-state index in [0.717, 1.165) is 15.6 Å². The van der Waals surface area contributed by atoms with Gasteiger partial charge in [-0.2, -0.15) is 0 Å². The molecule has 0 saturated heterocycles. The molecule has 0 aliphatic heterocycles. The Labute approximate surface area is 143 Å². The van der Waals surface area contributed by atoms with Crippen molar-refractivity contribution in [2.75, 3.05) is 0 Å². The Morgan fingerprint density at radius 1 is 1.23 bits per heavy atom. The minimum atomic E-state index is -0.910. The Bertz CT molecular complexity index is 801. The molecule has 1 N–H and O–H groups in total. The average molecular weight is 370 g/mol. The van der Waals surface area contributed by atoms with Crippen LogP contribution in [0.3, 0.4) is 0 Å². The van der Waals surface area contributed by atoms with E-state index < -0.39 is 5.97 Å². The first-order valence-electron chi connectivity index (χ1n) is 6.03. The molecule has 3 aromatic rings. The van der Waals surface area contributed by atoms with Crippen LogP contribution in [0, 0.1) is 0 Å². The van der Waals surface area contributed by atoms with Crippen molar-refractivity contribution in [3.05, 3.63) is 39.7 Å². The smallest absolute Gasteiger partial charge is 0.310 e. The van der Waals surface area contributed by atoms with E-state index in [4.69, 9.17) is 16.7 Å². The molecule has 0 atom stereocenters. The Morgan fingerprint density at radius 3 is 2.73 bits per heavy atom. The van der Waals surface area contributed by atoms with Gasteiger partial charge in [0.2, 0.25) is 0 Å². The fourth-order valence-electron chi connectivity index (χ4n) is 1.61. The van der Waals surface area contributed by atoms with E-state index in [0.29, 0.717) is 14.4 Å². The lowest BCUT2D eigenvalue weighted by Gasteiger charge is -1.95. The summed E-state index contributed by atoms with van der Waals surface area (Å²) >= 11 is 10.0. The minimum absolute atomic E-state index is 0.105. The molecule has 0 bridgehead atoms. The van der Waals surface area contributed by atoms with Crippen LogP contribution in [-0.4, -0.2) is 26.3 Å². The van der Waals surface area contributed by atoms with E-state index in [9.17, 15) is 4.79 Å². The van der Waals surface area contributed by atoms with Crippen LogP contribution < -0.4 is 0 Å². The van der Waals surface area contributed by atoms with Gasteiger partial charge >= 0.3 is 5.97 Å². The van der Waals surface area contributed by atoms with Crippen LogP contribution in [0.15, 0.2) is 38.3 Å². The summed E-state index contributed by atoms with van der Waals surface area (Å²) < 4.78 is 1.52. The molecule has 9 heteroatoms. The molecule has 0 radical (unpaired) electrons. The second-order valence-corrected chi connectivity index (χ2v) is 7.99. The largest absolute Gasteiger partial charge is 0.481 e. The van der Waals surface area contributed by atoms with Gasteiger partial charge in [0, 0.05) is 16.0 Å². The third-order valence-corrected chi connectivity index (χ3v) is 5.71. The normalized spacial score (nSPS) is 10.8. The van der Waals surface area contributed by atoms with Crippen molar-refractivity contribution in [2.24, 2.45) is 0 Å². The van der Waals surface area contributed by atoms with Crippen LogP contribution >= 0.6 is 46.0 Å². The molecule has 22 heavy (non-hydrogen) atoms. The average Bonchev–Trinajstić information content (AvgIpc) is 3.09. The molecule has 0 saturated carbocycles. The standard InChI is InChI=1S/C13H8ClN3O2S3/c14-8-3-1-7(2-4-8)9-6-20-12(15-9)22-13-17-16-10(21-13)5-11(18)19/h1-4,6H,5H2,(H,18,19). The zero-order valence-corrected chi connectivity index (χ0v) is 14.1. The van der Waals surface area contributed by atoms with Crippen molar-refractivity contribution >= 4 is 52.0 Å². The first-order chi connectivity index (χ1) is 10.6. The quantitative estimate of drug-likeness (QED) is 0.729. The number of hydrogen-bond donors (Lipinski definition) is 1. The third kappa shape index (κ3) is 3.83. The Balaban J connectivity index is 1.72. The molecule has 5 nitrogen and oxygen atoms in total. The number of thiazole rings is 1. The second-order valence-electron chi connectivity index (χ2n) is 4.14. The highest BCUT2D eigenvalue weighted by atomic mass is 35.5. The second kappa shape index (κ2) is 6.74. The summed E-state index contributed by atoms with van der Waals surface area (Å²) in [6.07, 6.45) is -0.105. The van der Waals surface area contributed by atoms with Gasteiger partial charge in [-0.25, -0.2) is 4.98 Å². The van der Waals surface area contributed by atoms with Gasteiger partial charge in [0.15, 0.2) is 8.68 Å². The zero-order valence-electron chi connectivity index (χ0n) is 10.9. The molecule has 2 heterocycles. The molecule has 0 spiro atoms. The van der Waals surface area contributed by atoms with Crippen molar-refractivity contribution in [3.63, 3.8) is 0 Å². The maximum absolute atomic E-state index is 10.6. The highest BCUT2D eigenvalue weighted by Crippen LogP contribution is 2.34. The van der Waals surface area contributed by atoms with Crippen molar-refractivity contribution in [3.8, 4) is 11.3 Å². The van der Waals surface area contributed by atoms with E-state index in [-0.39, 0.29) is 6.42 Å². The van der Waals surface area contributed by atoms with Crippen LogP contribution in [0.5, 0.6) is 0 Å². The van der Waals surface area contributed by atoms with Gasteiger partial charge in [-0.05, 0) is 23.9 Å². The monoisotopic (exact) mass is 369 g/mol. The summed E-state index contributed by atoms with van der Waals surface area (Å²) in [5.74, 6) is -0.910. The lowest BCUT2D eigenvalue weighted by atomic mass is 10.2. The zero-order chi connectivity index (χ0) is 15.5. The summed E-state index contributed by atoms with van der Waals surface area (Å²) in [7, 11) is 0. The summed E-state index contributed by atoms with van der Waals surface area (Å²) in [5.41, 5.74) is 1.87. The number of nitrogens with zero attached hydrogens (tertiary/aromatic N) is 3. The predicted molar refractivity (Wildman–Crippen MR) is 87.9 cm³/mol. The first-order valence-corrected chi connectivity index (χ1v) is 8.93. The number of carbonyl (C=O) groups is 1. The predicted octanol–water partition coefficient (Wildman–Crippen LogP) is 4.09. The molecule has 0 aliphatic carbocycles. The summed E-state index contributed by atoms with van der Waals surface area (Å²) in [5, 5.41) is 19.7. The van der Waals surface area contributed by atoms with Gasteiger partial charge in [0.1, 0.15) is 5.01 Å². The molecule has 2 aromatic heterocycles. The molecular weight excluding hydrogens is 362 g/mol. The number of carboxylic acid groups (broad SMARTS) is 1. The molecule has 1 aromatic carbocycles. The molecule has 0 aliphatic rings. The van der Waals surface area contributed by atoms with Crippen molar-refractivity contribution in [2.45, 2.75) is 15.1 Å². The Hall–Kier alpha value is -1.48. The fourth-order valence-corrected chi connectivity index (χ4v) is 4.65. The van der Waals surface area contributed by atoms with Crippen LogP contribution in [0.2, 0.25) is 5.02 Å². The van der Waals surface area contributed by atoms with Crippen molar-refractivity contribution in [1.29, 1.82) is 0 Å². The van der Waals surface area contributed by atoms with Gasteiger partial charge in [0.05, 0.1) is 12.1 Å². The topological polar surface area (TPSA) is 76.0 Å². The maximum Gasteiger partial charge on any atom is 0.310 e. The first kappa shape index (κ1) is 15.4. The minimum Gasteiger partial charge on any atom is -0.481 e. The molecule has 0 amide bonds. The molecule has 3 rings (SSSR count). The van der Waals surface area contributed by atoms with Gasteiger partial charge in [-0.3, -0.25) is 4.79 Å². The SMILES string of the molecule is O=C(O)Cc1nnc(Sc2nc(-c3ccc(Cl)cc3)cs2)s1. The van der Waals surface area contributed by atoms with E-state index in [1.165, 1.54) is 34.4 Å². The summed E-state index contributed by atoms with van der Waals surface area (Å²) in [4.78, 5) is 15.2. The fraction of sp³-hybridized carbons (Fsp3) is 0.0769. The number of aromatic nitrogens is 3. The molecule has 0 unspecified atom stereocenters. The number of aliphatic carboxylic acids is 1. The maximum atomic E-state index is 10.6. The Kier molecular flexibility index (Phi) is 4.72. The van der Waals surface area contributed by atoms with Crippen molar-refractivity contribution < 1.29 is 9.90 Å². The lowest BCUT2D eigenvalue weighted by Crippen LogP contribution is -1.98. The number of rotatable bonds is 5. The molecule has 112 valence electrons. The van der Waals surface area contributed by atoms with E-state index >= 15 is 0 Å². The Morgan fingerprint density at radius 2 is 2.00 bits per heavy atom. The summed E-state index contributed by atoms with van der Waals surface area (Å²) in [6.45, 7) is 0. The van der Waals surface area contributed by atoms with Gasteiger partial charge in [-0.1, -0.05) is 35.1 Å². The van der Waals surface area contributed by atoms with Crippen LogP contribution in [0.25, 0.3) is 11.3 Å². The van der Waals surface area contributed by atoms with Crippen LogP contribution in [0.1, 0.15) is 5.01 Å². The highest BCUT2D eigenvalue weighted by molar-refractivity contribution is 8.02.